The molecule has 6 atom stereocenters. The van der Waals surface area contributed by atoms with E-state index >= 15 is 0 Å². The first-order valence-corrected chi connectivity index (χ1v) is 16.1. The Hall–Kier alpha value is -2.12. The summed E-state index contributed by atoms with van der Waals surface area (Å²) in [5.74, 6) is 1.92. The van der Waals surface area contributed by atoms with Crippen LogP contribution in [0.1, 0.15) is 61.5 Å². The summed E-state index contributed by atoms with van der Waals surface area (Å²) in [7, 11) is 1.90. The molecule has 40 heavy (non-hydrogen) atoms. The first-order chi connectivity index (χ1) is 19.4. The molecule has 4 bridgehead atoms. The van der Waals surface area contributed by atoms with E-state index in [4.69, 9.17) is 14.2 Å². The smallest absolute Gasteiger partial charge is 0.165 e. The SMILES string of the molecule is CO[C@]12CC[C@@]3(C[C@]1(C)COCc1cc4ccccc4s1)[C@H]1Cc4ccc(O)c5c4[C@@]3(CCN1CC1CC1)[C@H]2O5. The fraction of sp³-hybridized carbons (Fsp3) is 0.588. The molecule has 5 fully saturated rings. The van der Waals surface area contributed by atoms with E-state index in [1.807, 2.05) is 24.5 Å². The Kier molecular flexibility index (Phi) is 4.92. The van der Waals surface area contributed by atoms with E-state index in [2.05, 4.69) is 48.2 Å². The van der Waals surface area contributed by atoms with Gasteiger partial charge in [0.05, 0.1) is 13.2 Å². The predicted molar refractivity (Wildman–Crippen MR) is 156 cm³/mol. The topological polar surface area (TPSA) is 51.2 Å². The van der Waals surface area contributed by atoms with Crippen molar-refractivity contribution in [1.82, 2.24) is 4.90 Å². The van der Waals surface area contributed by atoms with Gasteiger partial charge < -0.3 is 19.3 Å². The molecule has 2 aromatic carbocycles. The zero-order valence-corrected chi connectivity index (χ0v) is 24.4. The van der Waals surface area contributed by atoms with Crippen LogP contribution in [0.3, 0.4) is 0 Å². The summed E-state index contributed by atoms with van der Waals surface area (Å²) in [6, 6.07) is 15.4. The first-order valence-electron chi connectivity index (χ1n) is 15.3. The fourth-order valence-corrected chi connectivity index (χ4v) is 11.6. The first kappa shape index (κ1) is 24.5. The van der Waals surface area contributed by atoms with Crippen molar-refractivity contribution in [3.63, 3.8) is 0 Å². The van der Waals surface area contributed by atoms with Gasteiger partial charge in [0.2, 0.25) is 0 Å². The molecular weight excluding hydrogens is 518 g/mol. The number of benzene rings is 2. The quantitative estimate of drug-likeness (QED) is 0.362. The molecule has 3 heterocycles. The maximum Gasteiger partial charge on any atom is 0.165 e. The summed E-state index contributed by atoms with van der Waals surface area (Å²) in [4.78, 5) is 4.15. The van der Waals surface area contributed by atoms with Crippen LogP contribution >= 0.6 is 11.3 Å². The van der Waals surface area contributed by atoms with E-state index in [0.29, 0.717) is 25.0 Å². The van der Waals surface area contributed by atoms with Gasteiger partial charge in [0.25, 0.3) is 0 Å². The Morgan fingerprint density at radius 2 is 2.00 bits per heavy atom. The predicted octanol–water partition coefficient (Wildman–Crippen LogP) is 6.44. The van der Waals surface area contributed by atoms with Crippen LogP contribution in [0.4, 0.5) is 0 Å². The number of thiophene rings is 1. The van der Waals surface area contributed by atoms with E-state index in [1.165, 1.54) is 45.5 Å². The van der Waals surface area contributed by atoms with Crippen molar-refractivity contribution in [3.05, 3.63) is 58.5 Å². The summed E-state index contributed by atoms with van der Waals surface area (Å²) in [6.07, 6.45) is 8.05. The molecule has 1 saturated heterocycles. The van der Waals surface area contributed by atoms with Crippen molar-refractivity contribution in [2.75, 3.05) is 26.8 Å². The van der Waals surface area contributed by atoms with Crippen LogP contribution in [-0.4, -0.2) is 54.6 Å². The Morgan fingerprint density at radius 3 is 2.83 bits per heavy atom. The molecule has 1 N–H and O–H groups in total. The molecular formula is C34H39NO4S. The van der Waals surface area contributed by atoms with Gasteiger partial charge in [-0.1, -0.05) is 31.2 Å². The molecule has 3 aromatic rings. The molecule has 7 aliphatic rings. The number of phenols is 1. The average Bonchev–Trinajstić information content (AvgIpc) is 3.55. The Morgan fingerprint density at radius 1 is 1.12 bits per heavy atom. The normalized spacial score (nSPS) is 39.0. The monoisotopic (exact) mass is 557 g/mol. The van der Waals surface area contributed by atoms with Gasteiger partial charge in [-0.05, 0) is 86.6 Å². The van der Waals surface area contributed by atoms with Crippen molar-refractivity contribution >= 4 is 21.4 Å². The molecule has 0 radical (unpaired) electrons. The Labute approximate surface area is 240 Å². The van der Waals surface area contributed by atoms with E-state index in [-0.39, 0.29) is 22.3 Å². The molecule has 2 aliphatic heterocycles. The lowest BCUT2D eigenvalue weighted by Crippen LogP contribution is -2.83. The van der Waals surface area contributed by atoms with Crippen molar-refractivity contribution in [1.29, 1.82) is 0 Å². The van der Waals surface area contributed by atoms with Gasteiger partial charge in [0.15, 0.2) is 11.5 Å². The fourth-order valence-electron chi connectivity index (χ4n) is 10.6. The lowest BCUT2D eigenvalue weighted by atomic mass is 9.32. The summed E-state index contributed by atoms with van der Waals surface area (Å²) in [5, 5.41) is 12.4. The van der Waals surface area contributed by atoms with E-state index in [9.17, 15) is 5.11 Å². The lowest BCUT2D eigenvalue weighted by Gasteiger charge is -2.76. The van der Waals surface area contributed by atoms with Crippen LogP contribution in [0, 0.1) is 16.7 Å². The Bertz CT molecular complexity index is 1500. The maximum atomic E-state index is 11.1. The number of piperidine rings is 1. The lowest BCUT2D eigenvalue weighted by molar-refractivity contribution is -0.314. The largest absolute Gasteiger partial charge is 0.504 e. The molecule has 10 rings (SSSR count). The minimum absolute atomic E-state index is 0.0986. The molecule has 0 amide bonds. The number of fused-ring (bicyclic) bond motifs is 3. The second-order valence-electron chi connectivity index (χ2n) is 14.1. The van der Waals surface area contributed by atoms with Crippen molar-refractivity contribution in [3.8, 4) is 11.5 Å². The molecule has 1 aromatic heterocycles. The molecule has 5 aliphatic carbocycles. The summed E-state index contributed by atoms with van der Waals surface area (Å²) in [5.41, 5.74) is 2.08. The van der Waals surface area contributed by atoms with E-state index in [1.54, 1.807) is 0 Å². The van der Waals surface area contributed by atoms with Gasteiger partial charge in [-0.2, -0.15) is 0 Å². The third-order valence-corrected chi connectivity index (χ3v) is 13.4. The van der Waals surface area contributed by atoms with Crippen LogP contribution in [0.25, 0.3) is 10.1 Å². The standard InChI is InChI=1S/C34H39NO4S/c1-31(20-38-18-24-15-22-5-3-4-6-26(22)40-24)19-32-11-12-34(31,37-2)30-33(32)13-14-35(17-21-7-8-21)27(32)16-23-9-10-25(36)29(39-30)28(23)33/h3-6,9-10,15,21,27,30,36H,7-8,11-14,16-20H2,1-2H3/t27-,30-,31-,32-,33+,34+/m1/s1. The minimum Gasteiger partial charge on any atom is -0.504 e. The van der Waals surface area contributed by atoms with Crippen molar-refractivity contribution in [2.24, 2.45) is 16.7 Å². The molecule has 0 unspecified atom stereocenters. The number of rotatable bonds is 7. The van der Waals surface area contributed by atoms with Crippen LogP contribution in [-0.2, 0) is 27.9 Å². The molecule has 5 nitrogen and oxygen atoms in total. The van der Waals surface area contributed by atoms with Gasteiger partial charge in [-0.25, -0.2) is 0 Å². The molecule has 210 valence electrons. The van der Waals surface area contributed by atoms with Gasteiger partial charge >= 0.3 is 0 Å². The highest BCUT2D eigenvalue weighted by molar-refractivity contribution is 7.19. The van der Waals surface area contributed by atoms with Crippen molar-refractivity contribution in [2.45, 2.75) is 81.6 Å². The third-order valence-electron chi connectivity index (χ3n) is 12.3. The second kappa shape index (κ2) is 8.03. The van der Waals surface area contributed by atoms with Crippen LogP contribution in [0.15, 0.2) is 42.5 Å². The highest BCUT2D eigenvalue weighted by Gasteiger charge is 2.83. The Balaban J connectivity index is 1.13. The molecule has 2 spiro atoms. The van der Waals surface area contributed by atoms with Gasteiger partial charge in [-0.3, -0.25) is 4.90 Å². The second-order valence-corrected chi connectivity index (χ2v) is 15.2. The van der Waals surface area contributed by atoms with E-state index in [0.717, 1.165) is 50.3 Å². The van der Waals surface area contributed by atoms with Gasteiger partial charge in [0.1, 0.15) is 11.7 Å². The summed E-state index contributed by atoms with van der Waals surface area (Å²) >= 11 is 1.83. The summed E-state index contributed by atoms with van der Waals surface area (Å²) < 4.78 is 21.7. The van der Waals surface area contributed by atoms with Crippen LogP contribution in [0.2, 0.25) is 0 Å². The number of phenolic OH excluding ortho intramolecular Hbond substituents is 1. The number of aromatic hydroxyl groups is 1. The maximum absolute atomic E-state index is 11.1. The number of nitrogens with zero attached hydrogens (tertiary/aromatic N) is 1. The van der Waals surface area contributed by atoms with Gasteiger partial charge in [-0.15, -0.1) is 11.3 Å². The third kappa shape index (κ3) is 2.84. The number of hydrogen-bond donors (Lipinski definition) is 1. The minimum atomic E-state index is -0.460. The van der Waals surface area contributed by atoms with Crippen molar-refractivity contribution < 1.29 is 19.3 Å². The zero-order valence-electron chi connectivity index (χ0n) is 23.6. The highest BCUT2D eigenvalue weighted by atomic mass is 32.1. The molecule has 4 saturated carbocycles. The zero-order chi connectivity index (χ0) is 26.9. The summed E-state index contributed by atoms with van der Waals surface area (Å²) in [6.45, 7) is 6.05. The van der Waals surface area contributed by atoms with E-state index < -0.39 is 5.60 Å². The number of hydrogen-bond acceptors (Lipinski definition) is 6. The molecule has 6 heteroatoms. The van der Waals surface area contributed by atoms with Crippen LogP contribution < -0.4 is 4.74 Å². The average molecular weight is 558 g/mol. The number of ether oxygens (including phenoxy) is 3. The highest BCUT2D eigenvalue weighted by Crippen LogP contribution is 2.79. The van der Waals surface area contributed by atoms with Crippen LogP contribution in [0.5, 0.6) is 11.5 Å². The number of likely N-dealkylation sites (tertiary alicyclic amines) is 1. The number of methoxy groups -OCH3 is 1. The van der Waals surface area contributed by atoms with Gasteiger partial charge in [0, 0.05) is 51.1 Å².